The van der Waals surface area contributed by atoms with Gasteiger partial charge in [-0.15, -0.1) is 0 Å². The minimum atomic E-state index is -0.869. The Labute approximate surface area is 234 Å². The molecule has 0 radical (unpaired) electrons. The highest BCUT2D eigenvalue weighted by molar-refractivity contribution is 6.32. The van der Waals surface area contributed by atoms with Gasteiger partial charge in [-0.05, 0) is 80.3 Å². The van der Waals surface area contributed by atoms with Gasteiger partial charge in [0.2, 0.25) is 0 Å². The van der Waals surface area contributed by atoms with Crippen LogP contribution in [0.4, 0.5) is 0 Å². The fourth-order valence-electron chi connectivity index (χ4n) is 5.25. The van der Waals surface area contributed by atoms with Crippen LogP contribution in [0.2, 0.25) is 5.02 Å². The third-order valence-electron chi connectivity index (χ3n) is 7.56. The van der Waals surface area contributed by atoms with Crippen molar-refractivity contribution >= 4 is 22.6 Å². The Morgan fingerprint density at radius 1 is 0.974 bits per heavy atom. The summed E-state index contributed by atoms with van der Waals surface area (Å²) in [5.74, 6) is 1.40. The van der Waals surface area contributed by atoms with Crippen LogP contribution in [0, 0.1) is 6.92 Å². The number of imidazole rings is 1. The lowest BCUT2D eigenvalue weighted by Crippen LogP contribution is -2.37. The van der Waals surface area contributed by atoms with Crippen molar-refractivity contribution in [1.82, 2.24) is 14.0 Å². The van der Waals surface area contributed by atoms with Gasteiger partial charge in [-0.2, -0.15) is 0 Å². The summed E-state index contributed by atoms with van der Waals surface area (Å²) in [6.07, 6.45) is 2.24. The first kappa shape index (κ1) is 27.3. The number of likely N-dealkylation sites (tertiary alicyclic amines) is 1. The Hall–Kier alpha value is -3.26. The average Bonchev–Trinajstić information content (AvgIpc) is 3.05. The van der Waals surface area contributed by atoms with Crippen molar-refractivity contribution in [2.75, 3.05) is 26.3 Å². The first-order chi connectivity index (χ1) is 18.8. The van der Waals surface area contributed by atoms with Gasteiger partial charge in [-0.25, -0.2) is 4.79 Å². The van der Waals surface area contributed by atoms with Gasteiger partial charge in [0.1, 0.15) is 24.7 Å². The Morgan fingerprint density at radius 2 is 1.74 bits per heavy atom. The van der Waals surface area contributed by atoms with Gasteiger partial charge in [0.15, 0.2) is 0 Å². The van der Waals surface area contributed by atoms with Gasteiger partial charge in [0.05, 0.1) is 28.2 Å². The number of fused-ring (bicyclic) bond motifs is 1. The highest BCUT2D eigenvalue weighted by Crippen LogP contribution is 2.29. The van der Waals surface area contributed by atoms with Crippen LogP contribution in [0.25, 0.3) is 11.0 Å². The van der Waals surface area contributed by atoms with E-state index in [4.69, 9.17) is 21.1 Å². The molecule has 1 saturated heterocycles. The quantitative estimate of drug-likeness (QED) is 0.312. The number of rotatable bonds is 9. The van der Waals surface area contributed by atoms with Crippen molar-refractivity contribution in [3.8, 4) is 11.5 Å². The van der Waals surface area contributed by atoms with Crippen LogP contribution < -0.4 is 15.2 Å². The van der Waals surface area contributed by atoms with E-state index in [1.807, 2.05) is 61.5 Å². The fourth-order valence-corrected chi connectivity index (χ4v) is 5.43. The number of halogens is 1. The maximum absolute atomic E-state index is 12.6. The smallest absolute Gasteiger partial charge is 0.328 e. The van der Waals surface area contributed by atoms with E-state index in [2.05, 4.69) is 17.0 Å². The maximum atomic E-state index is 12.6. The van der Waals surface area contributed by atoms with Crippen LogP contribution in [0.15, 0.2) is 71.5 Å². The fraction of sp³-hybridized carbons (Fsp3) is 0.387. The van der Waals surface area contributed by atoms with Crippen LogP contribution in [-0.2, 0) is 20.1 Å². The Kier molecular flexibility index (Phi) is 8.31. The monoisotopic (exact) mass is 549 g/mol. The SMILES string of the molecule is Cc1ccc(Cl)c(OC[C@]2(O)CCCN(Cc3ccc(OCCn4c(=O)n(C)c5ccccc54)cc3)CC2)c1. The zero-order valence-corrected chi connectivity index (χ0v) is 23.4. The molecular weight excluding hydrogens is 514 g/mol. The van der Waals surface area contributed by atoms with E-state index in [1.54, 1.807) is 16.2 Å². The summed E-state index contributed by atoms with van der Waals surface area (Å²) in [6.45, 7) is 5.65. The number of para-hydroxylation sites is 2. The summed E-state index contributed by atoms with van der Waals surface area (Å²) in [6, 6.07) is 21.6. The number of ether oxygens (including phenoxy) is 2. The highest BCUT2D eigenvalue weighted by atomic mass is 35.5. The molecule has 4 aromatic rings. The molecule has 1 aliphatic rings. The van der Waals surface area contributed by atoms with Crippen molar-refractivity contribution in [1.29, 1.82) is 0 Å². The molecule has 2 heterocycles. The van der Waals surface area contributed by atoms with Gasteiger partial charge in [0, 0.05) is 20.1 Å². The minimum Gasteiger partial charge on any atom is -0.492 e. The van der Waals surface area contributed by atoms with E-state index in [0.29, 0.717) is 36.8 Å². The number of aromatic nitrogens is 2. The maximum Gasteiger partial charge on any atom is 0.328 e. The number of nitrogens with zero attached hydrogens (tertiary/aromatic N) is 3. The van der Waals surface area contributed by atoms with E-state index in [-0.39, 0.29) is 12.3 Å². The van der Waals surface area contributed by atoms with E-state index in [9.17, 15) is 9.90 Å². The lowest BCUT2D eigenvalue weighted by atomic mass is 9.96. The molecule has 0 bridgehead atoms. The van der Waals surface area contributed by atoms with Crippen LogP contribution in [0.3, 0.4) is 0 Å². The number of benzene rings is 3. The topological polar surface area (TPSA) is 68.9 Å². The molecule has 1 aromatic heterocycles. The zero-order chi connectivity index (χ0) is 27.4. The van der Waals surface area contributed by atoms with Gasteiger partial charge < -0.3 is 14.6 Å². The molecule has 3 aromatic carbocycles. The second-order valence-corrected chi connectivity index (χ2v) is 11.0. The van der Waals surface area contributed by atoms with Crippen LogP contribution in [-0.4, -0.2) is 51.0 Å². The summed E-state index contributed by atoms with van der Waals surface area (Å²) in [7, 11) is 1.79. The second kappa shape index (κ2) is 11.9. The van der Waals surface area contributed by atoms with E-state index >= 15 is 0 Å². The predicted molar refractivity (Wildman–Crippen MR) is 155 cm³/mol. The van der Waals surface area contributed by atoms with E-state index < -0.39 is 5.60 Å². The lowest BCUT2D eigenvalue weighted by Gasteiger charge is -2.27. The minimum absolute atomic E-state index is 0.0370. The summed E-state index contributed by atoms with van der Waals surface area (Å²) in [5.41, 5.74) is 3.20. The summed E-state index contributed by atoms with van der Waals surface area (Å²) >= 11 is 6.26. The van der Waals surface area contributed by atoms with Gasteiger partial charge in [-0.1, -0.05) is 41.9 Å². The molecule has 39 heavy (non-hydrogen) atoms. The standard InChI is InChI=1S/C31H36ClN3O4/c1-23-8-13-26(32)29(20-23)39-22-31(37)14-5-16-34(17-15-31)21-24-9-11-25(12-10-24)38-19-18-35-28-7-4-3-6-27(28)33(2)30(35)36/h3-4,6-13,20,37H,5,14-19,21-22H2,1-2H3/t31-/m0/s1. The third-order valence-corrected chi connectivity index (χ3v) is 7.87. The Bertz CT molecular complexity index is 1480. The van der Waals surface area contributed by atoms with Crippen LogP contribution >= 0.6 is 11.6 Å². The van der Waals surface area contributed by atoms with Crippen molar-refractivity contribution in [3.05, 3.63) is 93.4 Å². The molecule has 8 heteroatoms. The molecule has 5 rings (SSSR count). The molecule has 1 N–H and O–H groups in total. The largest absolute Gasteiger partial charge is 0.492 e. The Morgan fingerprint density at radius 3 is 2.54 bits per heavy atom. The molecule has 206 valence electrons. The molecule has 0 saturated carbocycles. The van der Waals surface area contributed by atoms with Gasteiger partial charge >= 0.3 is 5.69 Å². The molecule has 1 aliphatic heterocycles. The normalized spacial score (nSPS) is 18.3. The predicted octanol–water partition coefficient (Wildman–Crippen LogP) is 5.18. The third kappa shape index (κ3) is 6.49. The molecule has 0 unspecified atom stereocenters. The van der Waals surface area contributed by atoms with Crippen molar-refractivity contribution in [3.63, 3.8) is 0 Å². The molecule has 0 spiro atoms. The molecule has 0 aliphatic carbocycles. The van der Waals surface area contributed by atoms with Crippen LogP contribution in [0.1, 0.15) is 30.4 Å². The second-order valence-electron chi connectivity index (χ2n) is 10.6. The number of aryl methyl sites for hydroxylation is 2. The molecule has 1 fully saturated rings. The lowest BCUT2D eigenvalue weighted by molar-refractivity contribution is -0.0168. The Balaban J connectivity index is 1.11. The molecule has 7 nitrogen and oxygen atoms in total. The number of hydrogen-bond acceptors (Lipinski definition) is 5. The number of hydrogen-bond donors (Lipinski definition) is 1. The summed E-state index contributed by atoms with van der Waals surface area (Å²) < 4.78 is 15.3. The van der Waals surface area contributed by atoms with Crippen molar-refractivity contribution in [2.24, 2.45) is 7.05 Å². The molecular formula is C31H36ClN3O4. The van der Waals surface area contributed by atoms with Gasteiger partial charge in [-0.3, -0.25) is 14.0 Å². The first-order valence-corrected chi connectivity index (χ1v) is 13.9. The zero-order valence-electron chi connectivity index (χ0n) is 22.6. The molecule has 1 atom stereocenters. The average molecular weight is 550 g/mol. The summed E-state index contributed by atoms with van der Waals surface area (Å²) in [4.78, 5) is 15.0. The highest BCUT2D eigenvalue weighted by Gasteiger charge is 2.31. The van der Waals surface area contributed by atoms with E-state index in [0.717, 1.165) is 48.4 Å². The first-order valence-electron chi connectivity index (χ1n) is 13.5. The summed E-state index contributed by atoms with van der Waals surface area (Å²) in [5, 5.41) is 11.8. The molecule has 0 amide bonds. The van der Waals surface area contributed by atoms with Crippen LogP contribution in [0.5, 0.6) is 11.5 Å². The van der Waals surface area contributed by atoms with Crippen molar-refractivity contribution < 1.29 is 14.6 Å². The van der Waals surface area contributed by atoms with E-state index in [1.165, 1.54) is 5.56 Å². The number of aliphatic hydroxyl groups is 1. The van der Waals surface area contributed by atoms with Crippen molar-refractivity contribution in [2.45, 2.75) is 44.9 Å². The van der Waals surface area contributed by atoms with Gasteiger partial charge in [0.25, 0.3) is 0 Å².